The molecule has 3 nitrogen and oxygen atoms in total. The third-order valence-electron chi connectivity index (χ3n) is 3.80. The summed E-state index contributed by atoms with van der Waals surface area (Å²) in [6.07, 6.45) is 1.13. The lowest BCUT2D eigenvalue weighted by Gasteiger charge is -2.23. The lowest BCUT2D eigenvalue weighted by Crippen LogP contribution is -2.33. The van der Waals surface area contributed by atoms with Crippen LogP contribution in [0, 0.1) is 0 Å². The highest BCUT2D eigenvalue weighted by molar-refractivity contribution is 5.31. The minimum Gasteiger partial charge on any atom is -0.492 e. The fourth-order valence-electron chi connectivity index (χ4n) is 1.99. The predicted octanol–water partition coefficient (Wildman–Crippen LogP) is 3.38. The van der Waals surface area contributed by atoms with E-state index in [1.807, 2.05) is 0 Å². The number of hydrogen-bond donors (Lipinski definition) is 1. The summed E-state index contributed by atoms with van der Waals surface area (Å²) in [4.78, 5) is 0. The fourth-order valence-corrected chi connectivity index (χ4v) is 1.99. The Balaban J connectivity index is 2.35. The Morgan fingerprint density at radius 2 is 1.85 bits per heavy atom. The Kier molecular flexibility index (Phi) is 7.03. The third-order valence-corrected chi connectivity index (χ3v) is 3.80. The summed E-state index contributed by atoms with van der Waals surface area (Å²) >= 11 is 0. The SMILES string of the molecule is CCC(C)(C)c1ccc(OCCNC(C)COC)cc1. The van der Waals surface area contributed by atoms with Crippen molar-refractivity contribution in [1.29, 1.82) is 0 Å². The number of rotatable bonds is 9. The topological polar surface area (TPSA) is 30.5 Å². The van der Waals surface area contributed by atoms with Crippen LogP contribution in [0.2, 0.25) is 0 Å². The van der Waals surface area contributed by atoms with Crippen LogP contribution in [0.25, 0.3) is 0 Å². The molecule has 0 aliphatic carbocycles. The Morgan fingerprint density at radius 1 is 1.20 bits per heavy atom. The van der Waals surface area contributed by atoms with Crippen molar-refractivity contribution in [3.63, 3.8) is 0 Å². The molecular formula is C17H29NO2. The molecule has 0 saturated heterocycles. The van der Waals surface area contributed by atoms with Gasteiger partial charge in [-0.2, -0.15) is 0 Å². The van der Waals surface area contributed by atoms with E-state index in [2.05, 4.69) is 57.3 Å². The van der Waals surface area contributed by atoms with Crippen LogP contribution in [0.1, 0.15) is 39.7 Å². The molecule has 0 aliphatic rings. The van der Waals surface area contributed by atoms with Crippen LogP contribution >= 0.6 is 0 Å². The van der Waals surface area contributed by atoms with Crippen molar-refractivity contribution in [3.8, 4) is 5.75 Å². The molecule has 0 saturated carbocycles. The van der Waals surface area contributed by atoms with Crippen LogP contribution < -0.4 is 10.1 Å². The molecule has 0 radical (unpaired) electrons. The predicted molar refractivity (Wildman–Crippen MR) is 84.6 cm³/mol. The molecule has 0 bridgehead atoms. The molecule has 1 unspecified atom stereocenters. The van der Waals surface area contributed by atoms with Gasteiger partial charge in [-0.25, -0.2) is 0 Å². The van der Waals surface area contributed by atoms with Crippen LogP contribution in [-0.2, 0) is 10.2 Å². The lowest BCUT2D eigenvalue weighted by atomic mass is 9.82. The molecule has 0 spiro atoms. The summed E-state index contributed by atoms with van der Waals surface area (Å²) in [6, 6.07) is 8.81. The first-order valence-corrected chi connectivity index (χ1v) is 7.45. The van der Waals surface area contributed by atoms with Crippen LogP contribution in [-0.4, -0.2) is 32.9 Å². The van der Waals surface area contributed by atoms with Crippen LogP contribution in [0.3, 0.4) is 0 Å². The zero-order chi connectivity index (χ0) is 15.0. The second kappa shape index (κ2) is 8.28. The van der Waals surface area contributed by atoms with Gasteiger partial charge in [-0.3, -0.25) is 0 Å². The average Bonchev–Trinajstić information content (AvgIpc) is 2.44. The van der Waals surface area contributed by atoms with Crippen molar-refractivity contribution < 1.29 is 9.47 Å². The van der Waals surface area contributed by atoms with Gasteiger partial charge in [0.2, 0.25) is 0 Å². The van der Waals surface area contributed by atoms with Crippen LogP contribution in [0.5, 0.6) is 5.75 Å². The molecule has 0 heterocycles. The van der Waals surface area contributed by atoms with Gasteiger partial charge in [0.1, 0.15) is 12.4 Å². The number of benzene rings is 1. The molecular weight excluding hydrogens is 250 g/mol. The lowest BCUT2D eigenvalue weighted by molar-refractivity contribution is 0.169. The molecule has 1 aromatic carbocycles. The van der Waals surface area contributed by atoms with Gasteiger partial charge in [0.25, 0.3) is 0 Å². The number of methoxy groups -OCH3 is 1. The highest BCUT2D eigenvalue weighted by Gasteiger charge is 2.17. The summed E-state index contributed by atoms with van der Waals surface area (Å²) in [5, 5.41) is 3.35. The van der Waals surface area contributed by atoms with Gasteiger partial charge in [0.05, 0.1) is 6.61 Å². The summed E-state index contributed by atoms with van der Waals surface area (Å²) < 4.78 is 10.8. The first kappa shape index (κ1) is 17.0. The van der Waals surface area contributed by atoms with Gasteiger partial charge in [0.15, 0.2) is 0 Å². The Hall–Kier alpha value is -1.06. The largest absolute Gasteiger partial charge is 0.492 e. The summed E-state index contributed by atoms with van der Waals surface area (Å²) in [5.41, 5.74) is 1.59. The van der Waals surface area contributed by atoms with Gasteiger partial charge >= 0.3 is 0 Å². The van der Waals surface area contributed by atoms with Crippen molar-refractivity contribution in [2.24, 2.45) is 0 Å². The zero-order valence-electron chi connectivity index (χ0n) is 13.5. The maximum Gasteiger partial charge on any atom is 0.119 e. The van der Waals surface area contributed by atoms with Crippen LogP contribution in [0.15, 0.2) is 24.3 Å². The average molecular weight is 279 g/mol. The van der Waals surface area contributed by atoms with Crippen molar-refractivity contribution >= 4 is 0 Å². The monoisotopic (exact) mass is 279 g/mol. The first-order valence-electron chi connectivity index (χ1n) is 7.45. The van der Waals surface area contributed by atoms with Gasteiger partial charge in [-0.1, -0.05) is 32.9 Å². The van der Waals surface area contributed by atoms with Gasteiger partial charge in [0, 0.05) is 19.7 Å². The molecule has 0 aliphatic heterocycles. The second-order valence-corrected chi connectivity index (χ2v) is 5.92. The van der Waals surface area contributed by atoms with Crippen molar-refractivity contribution in [3.05, 3.63) is 29.8 Å². The van der Waals surface area contributed by atoms with Crippen molar-refractivity contribution in [1.82, 2.24) is 5.32 Å². The van der Waals surface area contributed by atoms with Crippen molar-refractivity contribution in [2.75, 3.05) is 26.9 Å². The highest BCUT2D eigenvalue weighted by Crippen LogP contribution is 2.27. The minimum absolute atomic E-state index is 0.232. The number of nitrogens with one attached hydrogen (secondary N) is 1. The summed E-state index contributed by atoms with van der Waals surface area (Å²) in [6.45, 7) is 11.1. The Labute approximate surface area is 123 Å². The number of hydrogen-bond acceptors (Lipinski definition) is 3. The van der Waals surface area contributed by atoms with Gasteiger partial charge in [-0.15, -0.1) is 0 Å². The normalized spacial score (nSPS) is 13.2. The quantitative estimate of drug-likeness (QED) is 0.703. The molecule has 1 rings (SSSR count). The van der Waals surface area contributed by atoms with E-state index in [-0.39, 0.29) is 5.41 Å². The van der Waals surface area contributed by atoms with E-state index in [9.17, 15) is 0 Å². The highest BCUT2D eigenvalue weighted by atomic mass is 16.5. The Bertz CT molecular complexity index is 373. The second-order valence-electron chi connectivity index (χ2n) is 5.92. The zero-order valence-corrected chi connectivity index (χ0v) is 13.5. The van der Waals surface area contributed by atoms with E-state index < -0.39 is 0 Å². The van der Waals surface area contributed by atoms with Gasteiger partial charge in [-0.05, 0) is 36.5 Å². The smallest absolute Gasteiger partial charge is 0.119 e. The molecule has 114 valence electrons. The fraction of sp³-hybridized carbons (Fsp3) is 0.647. The molecule has 0 fully saturated rings. The maximum absolute atomic E-state index is 5.73. The van der Waals surface area contributed by atoms with E-state index >= 15 is 0 Å². The third kappa shape index (κ3) is 5.51. The minimum atomic E-state index is 0.232. The van der Waals surface area contributed by atoms with E-state index in [4.69, 9.17) is 9.47 Å². The first-order chi connectivity index (χ1) is 9.49. The molecule has 1 aromatic rings. The molecule has 1 N–H and O–H groups in total. The van der Waals surface area contributed by atoms with Gasteiger partial charge < -0.3 is 14.8 Å². The molecule has 20 heavy (non-hydrogen) atoms. The standard InChI is InChI=1S/C17H29NO2/c1-6-17(3,4)15-7-9-16(10-8-15)20-12-11-18-14(2)13-19-5/h7-10,14,18H,6,11-13H2,1-5H3. The van der Waals surface area contributed by atoms with Crippen molar-refractivity contribution in [2.45, 2.75) is 45.6 Å². The van der Waals surface area contributed by atoms with E-state index in [1.165, 1.54) is 5.56 Å². The Morgan fingerprint density at radius 3 is 2.40 bits per heavy atom. The number of ether oxygens (including phenoxy) is 2. The summed E-state index contributed by atoms with van der Waals surface area (Å²) in [7, 11) is 1.72. The molecule has 3 heteroatoms. The molecule has 1 atom stereocenters. The summed E-state index contributed by atoms with van der Waals surface area (Å²) in [5.74, 6) is 0.932. The van der Waals surface area contributed by atoms with E-state index in [1.54, 1.807) is 7.11 Å². The maximum atomic E-state index is 5.73. The van der Waals surface area contributed by atoms with E-state index in [0.29, 0.717) is 12.6 Å². The van der Waals surface area contributed by atoms with E-state index in [0.717, 1.165) is 25.3 Å². The van der Waals surface area contributed by atoms with Crippen LogP contribution in [0.4, 0.5) is 0 Å². The molecule has 0 amide bonds. The molecule has 0 aromatic heterocycles.